The maximum absolute atomic E-state index is 17.7. The van der Waals surface area contributed by atoms with E-state index in [1.807, 2.05) is 19.6 Å². The maximum Gasteiger partial charge on any atom is 0.416 e. The molecule has 4 aromatic rings. The Balaban J connectivity index is 2.07. The van der Waals surface area contributed by atoms with Crippen molar-refractivity contribution in [1.29, 1.82) is 0 Å². The second-order valence-electron chi connectivity index (χ2n) is 10.4. The zero-order chi connectivity index (χ0) is 28.9. The van der Waals surface area contributed by atoms with Crippen molar-refractivity contribution in [3.63, 3.8) is 0 Å². The Kier molecular flexibility index (Phi) is 7.16. The van der Waals surface area contributed by atoms with E-state index < -0.39 is 43.8 Å². The number of H-pyrrole nitrogens is 1. The molecule has 0 spiro atoms. The van der Waals surface area contributed by atoms with Crippen LogP contribution in [0.15, 0.2) is 60.8 Å². The standard InChI is InChI=1S/C28H25ClF4N2O3Si/c1-39(2,3)22-11-10-17(25(34)36)20(23(22)29)13-27(30,15-6-4-7-16(12-15)28(31,32)33)21-14-35-24-18(21)8-5-9-19(24)26(37)38/h4-12,14,35H,13H2,1-3H3,(H2,34,36)(H,37,38). The summed E-state index contributed by atoms with van der Waals surface area (Å²) in [6.07, 6.45) is -4.15. The first kappa shape index (κ1) is 28.4. The fourth-order valence-electron chi connectivity index (χ4n) is 4.80. The van der Waals surface area contributed by atoms with Crippen molar-refractivity contribution in [2.75, 3.05) is 0 Å². The van der Waals surface area contributed by atoms with E-state index in [-0.39, 0.29) is 43.7 Å². The van der Waals surface area contributed by atoms with Crippen LogP contribution in [0, 0.1) is 0 Å². The van der Waals surface area contributed by atoms with E-state index >= 15 is 4.39 Å². The third kappa shape index (κ3) is 5.18. The van der Waals surface area contributed by atoms with E-state index in [0.717, 1.165) is 17.3 Å². The van der Waals surface area contributed by atoms with Crippen molar-refractivity contribution >= 4 is 47.6 Å². The number of primary amides is 1. The highest BCUT2D eigenvalue weighted by molar-refractivity contribution is 6.90. The van der Waals surface area contributed by atoms with E-state index in [2.05, 4.69) is 4.98 Å². The molecule has 4 rings (SSSR count). The summed E-state index contributed by atoms with van der Waals surface area (Å²) in [7, 11) is -2.11. The molecule has 11 heteroatoms. The van der Waals surface area contributed by atoms with E-state index in [4.69, 9.17) is 17.3 Å². The average molecular weight is 577 g/mol. The predicted molar refractivity (Wildman–Crippen MR) is 145 cm³/mol. The number of amides is 1. The van der Waals surface area contributed by atoms with Gasteiger partial charge in [-0.3, -0.25) is 4.79 Å². The molecule has 0 saturated carbocycles. The molecule has 1 aromatic heterocycles. The molecule has 3 aromatic carbocycles. The van der Waals surface area contributed by atoms with Gasteiger partial charge in [0.1, 0.15) is 0 Å². The van der Waals surface area contributed by atoms with Crippen LogP contribution < -0.4 is 10.9 Å². The minimum atomic E-state index is -4.75. The van der Waals surface area contributed by atoms with E-state index in [9.17, 15) is 27.9 Å². The van der Waals surface area contributed by atoms with Crippen molar-refractivity contribution in [1.82, 2.24) is 4.98 Å². The Morgan fingerprint density at radius 3 is 2.21 bits per heavy atom. The van der Waals surface area contributed by atoms with Crippen LogP contribution in [-0.2, 0) is 18.3 Å². The van der Waals surface area contributed by atoms with Crippen LogP contribution in [0.4, 0.5) is 17.6 Å². The number of carboxylic acids is 1. The quantitative estimate of drug-likeness (QED) is 0.170. The first-order chi connectivity index (χ1) is 18.1. The number of alkyl halides is 4. The van der Waals surface area contributed by atoms with Crippen LogP contribution in [0.25, 0.3) is 10.9 Å². The van der Waals surface area contributed by atoms with Gasteiger partial charge in [0.25, 0.3) is 0 Å². The highest BCUT2D eigenvalue weighted by atomic mass is 35.5. The molecule has 5 nitrogen and oxygen atoms in total. The summed E-state index contributed by atoms with van der Waals surface area (Å²) in [5, 5.41) is 10.6. The lowest BCUT2D eigenvalue weighted by atomic mass is 9.81. The second-order valence-corrected chi connectivity index (χ2v) is 15.8. The number of aromatic amines is 1. The van der Waals surface area contributed by atoms with Gasteiger partial charge >= 0.3 is 12.1 Å². The number of rotatable bonds is 7. The molecular weight excluding hydrogens is 552 g/mol. The molecule has 0 aliphatic carbocycles. The second kappa shape index (κ2) is 9.84. The number of nitrogens with one attached hydrogen (secondary N) is 1. The number of nitrogens with two attached hydrogens (primary N) is 1. The summed E-state index contributed by atoms with van der Waals surface area (Å²) >= 11 is 6.78. The minimum Gasteiger partial charge on any atom is -0.478 e. The summed E-state index contributed by atoms with van der Waals surface area (Å²) < 4.78 is 58.7. The summed E-state index contributed by atoms with van der Waals surface area (Å²) in [6, 6.07) is 11.2. The Morgan fingerprint density at radius 2 is 1.62 bits per heavy atom. The predicted octanol–water partition coefficient (Wildman–Crippen LogP) is 6.64. The molecule has 1 amide bonds. The van der Waals surface area contributed by atoms with Crippen LogP contribution in [0.1, 0.15) is 43.0 Å². The number of benzene rings is 3. The zero-order valence-corrected chi connectivity index (χ0v) is 23.0. The topological polar surface area (TPSA) is 96.2 Å². The Hall–Kier alpha value is -3.63. The lowest BCUT2D eigenvalue weighted by Crippen LogP contribution is -2.40. The third-order valence-electron chi connectivity index (χ3n) is 6.76. The smallest absolute Gasteiger partial charge is 0.416 e. The molecule has 204 valence electrons. The molecule has 0 saturated heterocycles. The number of para-hydroxylation sites is 1. The van der Waals surface area contributed by atoms with Crippen molar-refractivity contribution in [3.05, 3.63) is 99.2 Å². The first-order valence-electron chi connectivity index (χ1n) is 11.9. The minimum absolute atomic E-state index is 0.0536. The number of hydrogen-bond donors (Lipinski definition) is 3. The van der Waals surface area contributed by atoms with Gasteiger partial charge in [-0.05, 0) is 40.6 Å². The Labute approximate surface area is 227 Å². The summed E-state index contributed by atoms with van der Waals surface area (Å²) in [4.78, 5) is 26.9. The van der Waals surface area contributed by atoms with E-state index in [1.54, 1.807) is 6.07 Å². The van der Waals surface area contributed by atoms with Gasteiger partial charge in [0.05, 0.1) is 24.7 Å². The number of hydrogen-bond acceptors (Lipinski definition) is 2. The molecule has 39 heavy (non-hydrogen) atoms. The van der Waals surface area contributed by atoms with Crippen LogP contribution >= 0.6 is 11.6 Å². The Bertz CT molecular complexity index is 1610. The number of aromatic nitrogens is 1. The van der Waals surface area contributed by atoms with Crippen LogP contribution in [0.3, 0.4) is 0 Å². The average Bonchev–Trinajstić information content (AvgIpc) is 3.28. The number of halogens is 5. The highest BCUT2D eigenvalue weighted by Crippen LogP contribution is 2.44. The molecule has 1 atom stereocenters. The molecule has 1 heterocycles. The molecule has 0 fully saturated rings. The normalized spacial score (nSPS) is 13.8. The fourth-order valence-corrected chi connectivity index (χ4v) is 7.28. The molecule has 4 N–H and O–H groups in total. The van der Waals surface area contributed by atoms with Crippen molar-refractivity contribution < 1.29 is 32.3 Å². The number of carbonyl (C=O) groups is 2. The maximum atomic E-state index is 17.7. The lowest BCUT2D eigenvalue weighted by molar-refractivity contribution is -0.137. The molecule has 1 unspecified atom stereocenters. The van der Waals surface area contributed by atoms with Crippen LogP contribution in [0.2, 0.25) is 24.7 Å². The van der Waals surface area contributed by atoms with Gasteiger partial charge in [-0.2, -0.15) is 13.2 Å². The van der Waals surface area contributed by atoms with Gasteiger partial charge in [0, 0.05) is 34.2 Å². The van der Waals surface area contributed by atoms with E-state index in [1.165, 1.54) is 36.5 Å². The van der Waals surface area contributed by atoms with Gasteiger partial charge in [-0.25, -0.2) is 9.18 Å². The van der Waals surface area contributed by atoms with E-state index in [0.29, 0.717) is 6.07 Å². The lowest BCUT2D eigenvalue weighted by Gasteiger charge is -2.29. The summed E-state index contributed by atoms with van der Waals surface area (Å²) in [6.45, 7) is 6.01. The highest BCUT2D eigenvalue weighted by Gasteiger charge is 2.41. The molecule has 0 aliphatic heterocycles. The van der Waals surface area contributed by atoms with Crippen LogP contribution in [-0.4, -0.2) is 30.0 Å². The third-order valence-corrected chi connectivity index (χ3v) is 9.38. The number of carboxylic acid groups (broad SMARTS) is 1. The molecule has 0 radical (unpaired) electrons. The summed E-state index contributed by atoms with van der Waals surface area (Å²) in [5.41, 5.74) is 1.40. The fraction of sp³-hybridized carbons (Fsp3) is 0.214. The summed E-state index contributed by atoms with van der Waals surface area (Å²) in [5.74, 6) is -2.13. The SMILES string of the molecule is C[Si](C)(C)c1ccc(C(N)=O)c(CC(F)(c2cccc(C(F)(F)F)c2)c2c[nH]c3c(C(=O)O)cccc23)c1Cl. The van der Waals surface area contributed by atoms with Crippen LogP contribution in [0.5, 0.6) is 0 Å². The van der Waals surface area contributed by atoms with Crippen molar-refractivity contribution in [2.24, 2.45) is 5.73 Å². The number of aromatic carboxylic acids is 1. The van der Waals surface area contributed by atoms with Gasteiger partial charge < -0.3 is 15.8 Å². The largest absolute Gasteiger partial charge is 0.478 e. The molecule has 0 aliphatic rings. The van der Waals surface area contributed by atoms with Gasteiger partial charge in [0.15, 0.2) is 5.67 Å². The monoisotopic (exact) mass is 576 g/mol. The van der Waals surface area contributed by atoms with Gasteiger partial charge in [-0.15, -0.1) is 0 Å². The number of carbonyl (C=O) groups excluding carboxylic acids is 1. The van der Waals surface area contributed by atoms with Gasteiger partial charge in [-0.1, -0.05) is 61.6 Å². The first-order valence-corrected chi connectivity index (χ1v) is 15.8. The molecule has 0 bridgehead atoms. The zero-order valence-electron chi connectivity index (χ0n) is 21.2. The Morgan fingerprint density at radius 1 is 0.974 bits per heavy atom. The molecular formula is C28H25ClF4N2O3Si. The van der Waals surface area contributed by atoms with Gasteiger partial charge in [0.2, 0.25) is 5.91 Å². The van der Waals surface area contributed by atoms with Crippen molar-refractivity contribution in [3.8, 4) is 0 Å². The van der Waals surface area contributed by atoms with Crippen molar-refractivity contribution in [2.45, 2.75) is 37.9 Å². The number of fused-ring (bicyclic) bond motifs is 1.